The molecular formula is C12H16BrClN2O. The average Bonchev–Trinajstić information content (AvgIpc) is 2.31. The van der Waals surface area contributed by atoms with Gasteiger partial charge in [-0.1, -0.05) is 31.0 Å². The Morgan fingerprint density at radius 1 is 1.59 bits per heavy atom. The number of carbonyl (C=O) groups excluding carboxylic acids is 1. The lowest BCUT2D eigenvalue weighted by molar-refractivity contribution is 0.0936. The van der Waals surface area contributed by atoms with Gasteiger partial charge in [0.2, 0.25) is 0 Å². The summed E-state index contributed by atoms with van der Waals surface area (Å²) in [5, 5.41) is 3.31. The van der Waals surface area contributed by atoms with E-state index in [4.69, 9.17) is 17.3 Å². The standard InChI is InChI=1S/C12H16BrClN2O/c1-2-4-8(7-15)16-12(17)9-5-3-6-10(13)11(9)14/h3,5-6,8H,2,4,7,15H2,1H3,(H,16,17). The number of nitrogens with two attached hydrogens (primary N) is 1. The minimum atomic E-state index is -0.180. The molecule has 3 nitrogen and oxygen atoms in total. The summed E-state index contributed by atoms with van der Waals surface area (Å²) in [6, 6.07) is 5.28. The van der Waals surface area contributed by atoms with Gasteiger partial charge in [-0.05, 0) is 34.5 Å². The van der Waals surface area contributed by atoms with E-state index >= 15 is 0 Å². The van der Waals surface area contributed by atoms with E-state index in [-0.39, 0.29) is 11.9 Å². The molecule has 1 amide bonds. The molecule has 0 aromatic heterocycles. The minimum Gasteiger partial charge on any atom is -0.348 e. The molecule has 3 N–H and O–H groups in total. The SMILES string of the molecule is CCCC(CN)NC(=O)c1cccc(Br)c1Cl. The van der Waals surface area contributed by atoms with Crippen molar-refractivity contribution >= 4 is 33.4 Å². The summed E-state index contributed by atoms with van der Waals surface area (Å²) >= 11 is 9.34. The first-order valence-electron chi connectivity index (χ1n) is 5.55. The molecule has 0 spiro atoms. The van der Waals surface area contributed by atoms with E-state index < -0.39 is 0 Å². The first kappa shape index (κ1) is 14.5. The summed E-state index contributed by atoms with van der Waals surface area (Å²) in [4.78, 5) is 12.0. The van der Waals surface area contributed by atoms with E-state index in [1.54, 1.807) is 18.2 Å². The van der Waals surface area contributed by atoms with E-state index in [1.807, 2.05) is 0 Å². The normalized spacial score (nSPS) is 12.2. The molecule has 1 aromatic carbocycles. The van der Waals surface area contributed by atoms with Crippen LogP contribution in [0.1, 0.15) is 30.1 Å². The highest BCUT2D eigenvalue weighted by Gasteiger charge is 2.15. The van der Waals surface area contributed by atoms with Crippen LogP contribution in [0.3, 0.4) is 0 Å². The lowest BCUT2D eigenvalue weighted by Crippen LogP contribution is -2.40. The third kappa shape index (κ3) is 3.98. The second kappa shape index (κ2) is 6.99. The van der Waals surface area contributed by atoms with Crippen molar-refractivity contribution in [3.8, 4) is 0 Å². The fourth-order valence-corrected chi connectivity index (χ4v) is 2.12. The molecule has 1 rings (SSSR count). The number of hydrogen-bond donors (Lipinski definition) is 2. The van der Waals surface area contributed by atoms with Crippen molar-refractivity contribution in [3.63, 3.8) is 0 Å². The summed E-state index contributed by atoms with van der Waals surface area (Å²) in [5.74, 6) is -0.180. The number of hydrogen-bond acceptors (Lipinski definition) is 2. The van der Waals surface area contributed by atoms with Crippen LogP contribution in [0.2, 0.25) is 5.02 Å². The molecule has 0 heterocycles. The molecule has 1 atom stereocenters. The molecule has 0 aliphatic carbocycles. The van der Waals surface area contributed by atoms with E-state index in [1.165, 1.54) is 0 Å². The van der Waals surface area contributed by atoms with Crippen LogP contribution in [0.5, 0.6) is 0 Å². The van der Waals surface area contributed by atoms with Crippen LogP contribution in [0.4, 0.5) is 0 Å². The summed E-state index contributed by atoms with van der Waals surface area (Å²) in [7, 11) is 0. The van der Waals surface area contributed by atoms with Gasteiger partial charge >= 0.3 is 0 Å². The maximum absolute atomic E-state index is 12.0. The fourth-order valence-electron chi connectivity index (χ4n) is 1.54. The summed E-state index contributed by atoms with van der Waals surface area (Å²) in [6.45, 7) is 2.49. The quantitative estimate of drug-likeness (QED) is 0.876. The lowest BCUT2D eigenvalue weighted by Gasteiger charge is -2.16. The maximum Gasteiger partial charge on any atom is 0.253 e. The minimum absolute atomic E-state index is 0.00236. The van der Waals surface area contributed by atoms with Gasteiger partial charge in [-0.15, -0.1) is 0 Å². The Morgan fingerprint density at radius 3 is 2.88 bits per heavy atom. The molecule has 0 saturated heterocycles. The highest BCUT2D eigenvalue weighted by atomic mass is 79.9. The van der Waals surface area contributed by atoms with Crippen LogP contribution < -0.4 is 11.1 Å². The van der Waals surface area contributed by atoms with E-state index in [0.717, 1.165) is 12.8 Å². The number of rotatable bonds is 5. The molecule has 17 heavy (non-hydrogen) atoms. The van der Waals surface area contributed by atoms with Gasteiger partial charge < -0.3 is 11.1 Å². The van der Waals surface area contributed by atoms with Crippen molar-refractivity contribution in [2.24, 2.45) is 5.73 Å². The zero-order chi connectivity index (χ0) is 12.8. The van der Waals surface area contributed by atoms with Gasteiger partial charge in [0.25, 0.3) is 5.91 Å². The van der Waals surface area contributed by atoms with Crippen molar-refractivity contribution in [2.45, 2.75) is 25.8 Å². The zero-order valence-electron chi connectivity index (χ0n) is 9.67. The van der Waals surface area contributed by atoms with Gasteiger partial charge in [-0.2, -0.15) is 0 Å². The molecule has 0 aliphatic heterocycles. The molecule has 0 aliphatic rings. The van der Waals surface area contributed by atoms with Crippen molar-refractivity contribution in [1.82, 2.24) is 5.32 Å². The van der Waals surface area contributed by atoms with Crippen molar-refractivity contribution in [1.29, 1.82) is 0 Å². The van der Waals surface area contributed by atoms with Crippen LogP contribution >= 0.6 is 27.5 Å². The van der Waals surface area contributed by atoms with Gasteiger partial charge in [0.1, 0.15) is 0 Å². The van der Waals surface area contributed by atoms with Gasteiger partial charge in [0.15, 0.2) is 0 Å². The lowest BCUT2D eigenvalue weighted by atomic mass is 10.1. The third-order valence-electron chi connectivity index (χ3n) is 2.45. The molecule has 94 valence electrons. The number of carbonyl (C=O) groups is 1. The summed E-state index contributed by atoms with van der Waals surface area (Å²) < 4.78 is 0.714. The van der Waals surface area contributed by atoms with Crippen LogP contribution in [0, 0.1) is 0 Å². The third-order valence-corrected chi connectivity index (χ3v) is 3.75. The Morgan fingerprint density at radius 2 is 2.29 bits per heavy atom. The Kier molecular flexibility index (Phi) is 5.95. The smallest absolute Gasteiger partial charge is 0.253 e. The van der Waals surface area contributed by atoms with Gasteiger partial charge in [0, 0.05) is 17.1 Å². The van der Waals surface area contributed by atoms with Crippen molar-refractivity contribution in [2.75, 3.05) is 6.54 Å². The van der Waals surface area contributed by atoms with E-state index in [0.29, 0.717) is 21.6 Å². The molecular weight excluding hydrogens is 304 g/mol. The molecule has 1 aromatic rings. The predicted molar refractivity (Wildman–Crippen MR) is 74.4 cm³/mol. The first-order chi connectivity index (χ1) is 8.10. The van der Waals surface area contributed by atoms with Crippen LogP contribution in [-0.4, -0.2) is 18.5 Å². The van der Waals surface area contributed by atoms with E-state index in [9.17, 15) is 4.79 Å². The summed E-state index contributed by atoms with van der Waals surface area (Å²) in [6.07, 6.45) is 1.85. The number of benzene rings is 1. The number of nitrogens with one attached hydrogen (secondary N) is 1. The first-order valence-corrected chi connectivity index (χ1v) is 6.72. The molecule has 0 saturated carbocycles. The predicted octanol–water partition coefficient (Wildman–Crippen LogP) is 2.96. The topological polar surface area (TPSA) is 55.1 Å². The molecule has 5 heteroatoms. The average molecular weight is 320 g/mol. The van der Waals surface area contributed by atoms with Crippen molar-refractivity contribution < 1.29 is 4.79 Å². The van der Waals surface area contributed by atoms with Crippen LogP contribution in [-0.2, 0) is 0 Å². The van der Waals surface area contributed by atoms with Crippen LogP contribution in [0.25, 0.3) is 0 Å². The van der Waals surface area contributed by atoms with Gasteiger partial charge in [0.05, 0.1) is 10.6 Å². The molecule has 0 bridgehead atoms. The van der Waals surface area contributed by atoms with Gasteiger partial charge in [-0.3, -0.25) is 4.79 Å². The molecule has 0 fully saturated rings. The Hall–Kier alpha value is -0.580. The Labute approximate surface area is 115 Å². The number of amides is 1. The monoisotopic (exact) mass is 318 g/mol. The molecule has 0 radical (unpaired) electrons. The number of halogens is 2. The summed E-state index contributed by atoms with van der Waals surface area (Å²) in [5.41, 5.74) is 6.06. The second-order valence-electron chi connectivity index (χ2n) is 3.80. The maximum atomic E-state index is 12.0. The largest absolute Gasteiger partial charge is 0.348 e. The van der Waals surface area contributed by atoms with E-state index in [2.05, 4.69) is 28.2 Å². The van der Waals surface area contributed by atoms with Gasteiger partial charge in [-0.25, -0.2) is 0 Å². The Bertz CT molecular complexity index is 398. The second-order valence-corrected chi connectivity index (χ2v) is 5.03. The van der Waals surface area contributed by atoms with Crippen molar-refractivity contribution in [3.05, 3.63) is 33.3 Å². The van der Waals surface area contributed by atoms with Crippen LogP contribution in [0.15, 0.2) is 22.7 Å². The highest BCUT2D eigenvalue weighted by Crippen LogP contribution is 2.25. The zero-order valence-corrected chi connectivity index (χ0v) is 12.0. The Balaban J connectivity index is 2.79. The highest BCUT2D eigenvalue weighted by molar-refractivity contribution is 9.10. The fraction of sp³-hybridized carbons (Fsp3) is 0.417. The molecule has 1 unspecified atom stereocenters.